The van der Waals surface area contributed by atoms with Gasteiger partial charge in [0.05, 0.1) is 6.61 Å². The summed E-state index contributed by atoms with van der Waals surface area (Å²) in [5.74, 6) is 0. The summed E-state index contributed by atoms with van der Waals surface area (Å²) in [5.41, 5.74) is 0. The van der Waals surface area contributed by atoms with Crippen LogP contribution in [0.4, 0.5) is 0 Å². The van der Waals surface area contributed by atoms with Crippen LogP contribution in [-0.4, -0.2) is 30.8 Å². The van der Waals surface area contributed by atoms with Crippen molar-refractivity contribution >= 4 is 0 Å². The van der Waals surface area contributed by atoms with Gasteiger partial charge in [-0.1, -0.05) is 13.8 Å². The minimum Gasteiger partial charge on any atom is -0.276 e. The van der Waals surface area contributed by atoms with Gasteiger partial charge in [-0.3, -0.25) is 4.90 Å². The molecule has 3 nitrogen and oxygen atoms in total. The molecule has 60 valence electrons. The van der Waals surface area contributed by atoms with Gasteiger partial charge in [-0.25, -0.2) is 9.78 Å². The number of hydrogen-bond donors (Lipinski definition) is 0. The molecule has 1 atom stereocenters. The van der Waals surface area contributed by atoms with Gasteiger partial charge in [-0.05, 0) is 13.1 Å². The van der Waals surface area contributed by atoms with E-state index in [4.69, 9.17) is 9.78 Å². The van der Waals surface area contributed by atoms with Crippen molar-refractivity contribution in [2.45, 2.75) is 26.5 Å². The van der Waals surface area contributed by atoms with Crippen molar-refractivity contribution < 1.29 is 9.78 Å². The van der Waals surface area contributed by atoms with E-state index < -0.39 is 0 Å². The van der Waals surface area contributed by atoms with Crippen molar-refractivity contribution in [1.29, 1.82) is 0 Å². The second-order valence-corrected chi connectivity index (χ2v) is 2.38. The number of hydrogen-bond acceptors (Lipinski definition) is 3. The first-order chi connectivity index (χ1) is 4.88. The second kappa shape index (κ2) is 3.91. The Morgan fingerprint density at radius 2 is 2.10 bits per heavy atom. The van der Waals surface area contributed by atoms with Gasteiger partial charge in [0.25, 0.3) is 0 Å². The Hall–Kier alpha value is -0.120. The predicted molar refractivity (Wildman–Crippen MR) is 38.4 cm³/mol. The molecule has 1 fully saturated rings. The molecule has 0 radical (unpaired) electrons. The molecular weight excluding hydrogens is 130 g/mol. The van der Waals surface area contributed by atoms with E-state index in [2.05, 4.69) is 18.7 Å². The van der Waals surface area contributed by atoms with E-state index in [1.54, 1.807) is 0 Å². The van der Waals surface area contributed by atoms with E-state index in [-0.39, 0.29) is 6.23 Å². The summed E-state index contributed by atoms with van der Waals surface area (Å²) >= 11 is 0. The van der Waals surface area contributed by atoms with Crippen LogP contribution >= 0.6 is 0 Å². The second-order valence-electron chi connectivity index (χ2n) is 2.38. The van der Waals surface area contributed by atoms with Crippen LogP contribution in [0.1, 0.15) is 20.3 Å². The van der Waals surface area contributed by atoms with E-state index in [1.165, 1.54) is 0 Å². The van der Waals surface area contributed by atoms with Gasteiger partial charge in [0, 0.05) is 6.42 Å². The monoisotopic (exact) mass is 145 g/mol. The molecule has 10 heavy (non-hydrogen) atoms. The van der Waals surface area contributed by atoms with Crippen LogP contribution < -0.4 is 0 Å². The van der Waals surface area contributed by atoms with Crippen LogP contribution in [0, 0.1) is 0 Å². The molecular formula is C7H15NO2. The Bertz CT molecular complexity index is 87.6. The van der Waals surface area contributed by atoms with Gasteiger partial charge >= 0.3 is 0 Å². The minimum absolute atomic E-state index is 0.204. The van der Waals surface area contributed by atoms with Gasteiger partial charge < -0.3 is 0 Å². The van der Waals surface area contributed by atoms with Crippen molar-refractivity contribution in [1.82, 2.24) is 4.90 Å². The third-order valence-corrected chi connectivity index (χ3v) is 1.85. The minimum atomic E-state index is 0.204. The molecule has 1 unspecified atom stereocenters. The Morgan fingerprint density at radius 1 is 1.40 bits per heavy atom. The fourth-order valence-corrected chi connectivity index (χ4v) is 1.20. The average molecular weight is 145 g/mol. The van der Waals surface area contributed by atoms with E-state index in [9.17, 15) is 0 Å². The fraction of sp³-hybridized carbons (Fsp3) is 1.00. The van der Waals surface area contributed by atoms with Gasteiger partial charge in [0.15, 0.2) is 0 Å². The zero-order chi connectivity index (χ0) is 7.40. The van der Waals surface area contributed by atoms with Gasteiger partial charge in [-0.15, -0.1) is 0 Å². The van der Waals surface area contributed by atoms with Crippen LogP contribution in [0.3, 0.4) is 0 Å². The van der Waals surface area contributed by atoms with Gasteiger partial charge in [0.1, 0.15) is 6.23 Å². The highest BCUT2D eigenvalue weighted by Gasteiger charge is 2.21. The van der Waals surface area contributed by atoms with Gasteiger partial charge in [-0.2, -0.15) is 0 Å². The lowest BCUT2D eigenvalue weighted by Gasteiger charge is -2.22. The highest BCUT2D eigenvalue weighted by Crippen LogP contribution is 2.12. The van der Waals surface area contributed by atoms with E-state index in [0.717, 1.165) is 26.1 Å². The standard InChI is InChI=1S/C7H15NO2/c1-3-8(4-2)7-5-6-9-10-7/h7H,3-6H2,1-2H3. The lowest BCUT2D eigenvalue weighted by molar-refractivity contribution is -0.299. The van der Waals surface area contributed by atoms with Crippen molar-refractivity contribution in [3.05, 3.63) is 0 Å². The first-order valence-corrected chi connectivity index (χ1v) is 3.90. The molecule has 0 aromatic rings. The lowest BCUT2D eigenvalue weighted by Crippen LogP contribution is -2.34. The molecule has 0 aromatic heterocycles. The van der Waals surface area contributed by atoms with Crippen LogP contribution in [0.5, 0.6) is 0 Å². The molecule has 1 aliphatic rings. The highest BCUT2D eigenvalue weighted by atomic mass is 17.2. The molecule has 0 N–H and O–H groups in total. The summed E-state index contributed by atoms with van der Waals surface area (Å²) in [5, 5.41) is 0. The van der Waals surface area contributed by atoms with Crippen LogP contribution in [0.2, 0.25) is 0 Å². The third kappa shape index (κ3) is 1.68. The Kier molecular flexibility index (Phi) is 3.12. The molecule has 0 aromatic carbocycles. The SMILES string of the molecule is CCN(CC)C1CCOO1. The molecule has 0 bridgehead atoms. The van der Waals surface area contributed by atoms with Gasteiger partial charge in [0.2, 0.25) is 0 Å². The van der Waals surface area contributed by atoms with Crippen LogP contribution in [-0.2, 0) is 9.78 Å². The maximum Gasteiger partial charge on any atom is 0.148 e. The fourth-order valence-electron chi connectivity index (χ4n) is 1.20. The van der Waals surface area contributed by atoms with Crippen LogP contribution in [0.15, 0.2) is 0 Å². The van der Waals surface area contributed by atoms with Crippen molar-refractivity contribution in [2.75, 3.05) is 19.7 Å². The summed E-state index contributed by atoms with van der Waals surface area (Å²) in [6.07, 6.45) is 1.21. The normalized spacial score (nSPS) is 26.1. The third-order valence-electron chi connectivity index (χ3n) is 1.85. The molecule has 0 amide bonds. The Labute approximate surface area is 61.8 Å². The highest BCUT2D eigenvalue weighted by molar-refractivity contribution is 4.60. The zero-order valence-electron chi connectivity index (χ0n) is 6.67. The van der Waals surface area contributed by atoms with Crippen molar-refractivity contribution in [3.63, 3.8) is 0 Å². The molecule has 0 spiro atoms. The topological polar surface area (TPSA) is 21.7 Å². The predicted octanol–water partition coefficient (Wildman–Crippen LogP) is 1.01. The molecule has 1 heterocycles. The quantitative estimate of drug-likeness (QED) is 0.553. The number of rotatable bonds is 3. The average Bonchev–Trinajstić information content (AvgIpc) is 2.43. The molecule has 0 aliphatic carbocycles. The van der Waals surface area contributed by atoms with E-state index in [0.29, 0.717) is 0 Å². The zero-order valence-corrected chi connectivity index (χ0v) is 6.67. The summed E-state index contributed by atoms with van der Waals surface area (Å²) in [6, 6.07) is 0. The smallest absolute Gasteiger partial charge is 0.148 e. The Balaban J connectivity index is 2.29. The lowest BCUT2D eigenvalue weighted by atomic mass is 10.3. The maximum absolute atomic E-state index is 5.02. The summed E-state index contributed by atoms with van der Waals surface area (Å²) in [7, 11) is 0. The summed E-state index contributed by atoms with van der Waals surface area (Å²) in [4.78, 5) is 12.1. The number of nitrogens with zero attached hydrogens (tertiary/aromatic N) is 1. The van der Waals surface area contributed by atoms with E-state index in [1.807, 2.05) is 0 Å². The largest absolute Gasteiger partial charge is 0.276 e. The maximum atomic E-state index is 5.02. The first-order valence-electron chi connectivity index (χ1n) is 3.90. The molecule has 0 saturated carbocycles. The summed E-state index contributed by atoms with van der Waals surface area (Å²) < 4.78 is 0. The molecule has 1 saturated heterocycles. The van der Waals surface area contributed by atoms with Crippen molar-refractivity contribution in [3.8, 4) is 0 Å². The molecule has 3 heteroatoms. The Morgan fingerprint density at radius 3 is 2.50 bits per heavy atom. The summed E-state index contributed by atoms with van der Waals surface area (Å²) in [6.45, 7) is 7.06. The van der Waals surface area contributed by atoms with Crippen LogP contribution in [0.25, 0.3) is 0 Å². The van der Waals surface area contributed by atoms with Crippen molar-refractivity contribution in [2.24, 2.45) is 0 Å². The molecule has 1 aliphatic heterocycles. The van der Waals surface area contributed by atoms with E-state index >= 15 is 0 Å². The first kappa shape index (κ1) is 7.98. The molecule has 1 rings (SSSR count).